The van der Waals surface area contributed by atoms with Crippen molar-refractivity contribution in [2.75, 3.05) is 6.54 Å². The van der Waals surface area contributed by atoms with E-state index >= 15 is 0 Å². The maximum absolute atomic E-state index is 14.0. The minimum atomic E-state index is -4.51. The molecule has 140 valence electrons. The zero-order chi connectivity index (χ0) is 19.1. The van der Waals surface area contributed by atoms with Crippen molar-refractivity contribution in [1.29, 1.82) is 0 Å². The average molecular weight is 364 g/mol. The average Bonchev–Trinajstić information content (AvgIpc) is 2.80. The molecule has 1 saturated heterocycles. The number of carbonyl (C=O) groups excluding carboxylic acids is 1. The topological polar surface area (TPSA) is 32.3 Å². The molecule has 1 atom stereocenters. The number of aryl methyl sites for hydroxylation is 1. The predicted molar refractivity (Wildman–Crippen MR) is 95.4 cm³/mol. The summed E-state index contributed by atoms with van der Waals surface area (Å²) < 4.78 is 42.1. The second-order valence-corrected chi connectivity index (χ2v) is 7.55. The lowest BCUT2D eigenvalue weighted by molar-refractivity contribution is -0.191. The summed E-state index contributed by atoms with van der Waals surface area (Å²) in [5, 5.41) is 2.38. The number of nitrogens with one attached hydrogen (secondary N) is 1. The van der Waals surface area contributed by atoms with Crippen LogP contribution in [0.1, 0.15) is 44.4 Å². The number of amides is 1. The zero-order valence-electron chi connectivity index (χ0n) is 15.2. The first-order chi connectivity index (χ1) is 12.1. The highest BCUT2D eigenvalue weighted by atomic mass is 19.4. The summed E-state index contributed by atoms with van der Waals surface area (Å²) in [4.78, 5) is 12.1. The van der Waals surface area contributed by atoms with Crippen molar-refractivity contribution in [3.8, 4) is 0 Å². The smallest absolute Gasteiger partial charge is 0.287 e. The van der Waals surface area contributed by atoms with Gasteiger partial charge in [0.15, 0.2) is 6.04 Å². The Morgan fingerprint density at radius 2 is 1.96 bits per heavy atom. The van der Waals surface area contributed by atoms with E-state index in [0.29, 0.717) is 5.39 Å². The van der Waals surface area contributed by atoms with E-state index in [9.17, 15) is 18.0 Å². The lowest BCUT2D eigenvalue weighted by atomic mass is 9.92. The Balaban J connectivity index is 2.13. The molecule has 1 fully saturated rings. The van der Waals surface area contributed by atoms with Gasteiger partial charge in [0.05, 0.1) is 5.41 Å². The quantitative estimate of drug-likeness (QED) is 0.848. The van der Waals surface area contributed by atoms with Crippen LogP contribution in [0.15, 0.2) is 36.4 Å². The number of fused-ring (bicyclic) bond motifs is 1. The lowest BCUT2D eigenvalue weighted by Gasteiger charge is -2.30. The normalized spacial score (nSPS) is 18.9. The molecule has 0 aliphatic carbocycles. The lowest BCUT2D eigenvalue weighted by Crippen LogP contribution is -2.43. The Morgan fingerprint density at radius 1 is 1.23 bits per heavy atom. The van der Waals surface area contributed by atoms with Crippen molar-refractivity contribution in [1.82, 2.24) is 10.4 Å². The molecular weight excluding hydrogens is 341 g/mol. The monoisotopic (exact) mass is 364 g/mol. The molecule has 0 saturated carbocycles. The van der Waals surface area contributed by atoms with E-state index in [1.54, 1.807) is 19.9 Å². The Hall–Kier alpha value is -2.08. The van der Waals surface area contributed by atoms with Crippen LogP contribution in [0.4, 0.5) is 13.2 Å². The van der Waals surface area contributed by atoms with Crippen LogP contribution in [-0.2, 0) is 11.2 Å². The molecule has 2 aromatic carbocycles. The van der Waals surface area contributed by atoms with Crippen LogP contribution >= 0.6 is 0 Å². The van der Waals surface area contributed by atoms with Crippen LogP contribution in [0.2, 0.25) is 0 Å². The molecule has 0 bridgehead atoms. The fourth-order valence-electron chi connectivity index (χ4n) is 3.52. The van der Waals surface area contributed by atoms with Gasteiger partial charge in [0, 0.05) is 6.54 Å². The van der Waals surface area contributed by atoms with Crippen LogP contribution in [-0.4, -0.2) is 23.6 Å². The minimum Gasteiger partial charge on any atom is -0.287 e. The first kappa shape index (κ1) is 18.7. The van der Waals surface area contributed by atoms with Gasteiger partial charge in [-0.25, -0.2) is 5.01 Å². The first-order valence-electron chi connectivity index (χ1n) is 8.79. The van der Waals surface area contributed by atoms with Gasteiger partial charge in [-0.15, -0.1) is 0 Å². The number of nitrogens with zero attached hydrogens (tertiary/aromatic N) is 1. The third kappa shape index (κ3) is 3.43. The number of alkyl halides is 3. The van der Waals surface area contributed by atoms with Gasteiger partial charge in [-0.1, -0.05) is 49.7 Å². The Kier molecular flexibility index (Phi) is 4.73. The Morgan fingerprint density at radius 3 is 2.54 bits per heavy atom. The third-order valence-corrected chi connectivity index (χ3v) is 4.86. The molecular formula is C20H23F3N2O. The highest BCUT2D eigenvalue weighted by Crippen LogP contribution is 2.42. The van der Waals surface area contributed by atoms with Gasteiger partial charge in [0.25, 0.3) is 0 Å². The highest BCUT2D eigenvalue weighted by Gasteiger charge is 2.51. The summed E-state index contributed by atoms with van der Waals surface area (Å²) in [7, 11) is 0. The molecule has 1 aliphatic rings. The minimum absolute atomic E-state index is 0.00104. The van der Waals surface area contributed by atoms with E-state index in [4.69, 9.17) is 0 Å². The number of hydrazine groups is 1. The fourth-order valence-corrected chi connectivity index (χ4v) is 3.52. The molecule has 0 radical (unpaired) electrons. The van der Waals surface area contributed by atoms with Crippen molar-refractivity contribution in [2.24, 2.45) is 5.41 Å². The number of halogens is 3. The third-order valence-electron chi connectivity index (χ3n) is 4.86. The molecule has 1 amide bonds. The SMILES string of the molecule is CCCc1ccc2cccc([C@H](N3CC(C)(C)C(=O)N3)C(F)(F)F)c2c1. The summed E-state index contributed by atoms with van der Waals surface area (Å²) in [6.07, 6.45) is -2.77. The summed E-state index contributed by atoms with van der Waals surface area (Å²) in [5.74, 6) is -0.390. The standard InChI is InChI=1S/C20H23F3N2O/c1-4-6-13-9-10-14-7-5-8-15(16(14)11-13)17(20(21,22)23)25-12-19(2,3)18(26)24-25/h5,7-11,17H,4,6,12H2,1-3H3,(H,24,26)/t17-/m0/s1. The summed E-state index contributed by atoms with van der Waals surface area (Å²) in [6, 6.07) is 8.74. The van der Waals surface area contributed by atoms with E-state index in [0.717, 1.165) is 28.8 Å². The number of rotatable bonds is 4. The Bertz CT molecular complexity index is 829. The molecule has 0 aromatic heterocycles. The van der Waals surface area contributed by atoms with E-state index in [2.05, 4.69) is 5.43 Å². The van der Waals surface area contributed by atoms with Gasteiger partial charge in [0.1, 0.15) is 0 Å². The molecule has 6 heteroatoms. The number of benzene rings is 2. The zero-order valence-corrected chi connectivity index (χ0v) is 15.2. The second kappa shape index (κ2) is 6.58. The van der Waals surface area contributed by atoms with E-state index in [1.165, 1.54) is 6.07 Å². The molecule has 1 N–H and O–H groups in total. The van der Waals surface area contributed by atoms with Crippen molar-refractivity contribution >= 4 is 16.7 Å². The molecule has 26 heavy (non-hydrogen) atoms. The molecule has 3 rings (SSSR count). The number of hydrogen-bond acceptors (Lipinski definition) is 2. The summed E-state index contributed by atoms with van der Waals surface area (Å²) >= 11 is 0. The van der Waals surface area contributed by atoms with Gasteiger partial charge in [-0.3, -0.25) is 10.2 Å². The van der Waals surface area contributed by atoms with Crippen molar-refractivity contribution < 1.29 is 18.0 Å². The predicted octanol–water partition coefficient (Wildman–Crippen LogP) is 4.77. The van der Waals surface area contributed by atoms with Gasteiger partial charge >= 0.3 is 6.18 Å². The second-order valence-electron chi connectivity index (χ2n) is 7.55. The highest BCUT2D eigenvalue weighted by molar-refractivity contribution is 5.87. The van der Waals surface area contributed by atoms with Crippen molar-refractivity contribution in [3.63, 3.8) is 0 Å². The maximum Gasteiger partial charge on any atom is 0.409 e. The largest absolute Gasteiger partial charge is 0.409 e. The van der Waals surface area contributed by atoms with Crippen molar-refractivity contribution in [2.45, 2.75) is 45.8 Å². The Labute approximate surface area is 151 Å². The van der Waals surface area contributed by atoms with Crippen LogP contribution in [0, 0.1) is 5.41 Å². The van der Waals surface area contributed by atoms with Gasteiger partial charge in [-0.2, -0.15) is 13.2 Å². The molecule has 3 nitrogen and oxygen atoms in total. The van der Waals surface area contributed by atoms with E-state index in [1.807, 2.05) is 31.2 Å². The van der Waals surface area contributed by atoms with E-state index < -0.39 is 23.5 Å². The van der Waals surface area contributed by atoms with Crippen LogP contribution in [0.5, 0.6) is 0 Å². The molecule has 1 heterocycles. The number of carbonyl (C=O) groups is 1. The molecule has 2 aromatic rings. The van der Waals surface area contributed by atoms with Crippen LogP contribution < -0.4 is 5.43 Å². The first-order valence-corrected chi connectivity index (χ1v) is 8.79. The van der Waals surface area contributed by atoms with E-state index in [-0.39, 0.29) is 12.1 Å². The number of hydrogen-bond donors (Lipinski definition) is 1. The van der Waals surface area contributed by atoms with Gasteiger partial charge < -0.3 is 0 Å². The van der Waals surface area contributed by atoms with Crippen LogP contribution in [0.3, 0.4) is 0 Å². The maximum atomic E-state index is 14.0. The van der Waals surface area contributed by atoms with Gasteiger partial charge in [-0.05, 0) is 42.2 Å². The van der Waals surface area contributed by atoms with Crippen LogP contribution in [0.25, 0.3) is 10.8 Å². The summed E-state index contributed by atoms with van der Waals surface area (Å²) in [6.45, 7) is 5.34. The van der Waals surface area contributed by atoms with Crippen molar-refractivity contribution in [3.05, 3.63) is 47.5 Å². The fraction of sp³-hybridized carbons (Fsp3) is 0.450. The van der Waals surface area contributed by atoms with Gasteiger partial charge in [0.2, 0.25) is 5.91 Å². The molecule has 1 aliphatic heterocycles. The molecule has 0 spiro atoms. The summed E-state index contributed by atoms with van der Waals surface area (Å²) in [5.41, 5.74) is 2.75. The molecule has 0 unspecified atom stereocenters.